The second-order valence-electron chi connectivity index (χ2n) is 5.20. The molecule has 0 radical (unpaired) electrons. The van der Waals surface area contributed by atoms with E-state index in [4.69, 9.17) is 0 Å². The summed E-state index contributed by atoms with van der Waals surface area (Å²) in [5.41, 5.74) is 0.383. The van der Waals surface area contributed by atoms with E-state index in [1.807, 2.05) is 0 Å². The van der Waals surface area contributed by atoms with Crippen molar-refractivity contribution in [3.63, 3.8) is 0 Å². The van der Waals surface area contributed by atoms with Crippen molar-refractivity contribution in [2.75, 3.05) is 11.9 Å². The van der Waals surface area contributed by atoms with E-state index < -0.39 is 6.36 Å². The summed E-state index contributed by atoms with van der Waals surface area (Å²) in [6, 6.07) is 7.74. The quantitative estimate of drug-likeness (QED) is 0.708. The van der Waals surface area contributed by atoms with Crippen LogP contribution in [0.25, 0.3) is 5.82 Å². The molecule has 0 spiro atoms. The zero-order valence-electron chi connectivity index (χ0n) is 13.2. The Hall–Kier alpha value is -3.10. The molecule has 0 aliphatic rings. The maximum Gasteiger partial charge on any atom is 0.573 e. The maximum atomic E-state index is 12.5. The number of aromatic nitrogens is 4. The van der Waals surface area contributed by atoms with Crippen LogP contribution in [0.2, 0.25) is 0 Å². The molecule has 2 heterocycles. The summed E-state index contributed by atoms with van der Waals surface area (Å²) in [5.74, 6) is 0.766. The van der Waals surface area contributed by atoms with Crippen molar-refractivity contribution in [3.8, 4) is 11.6 Å². The number of benzene rings is 1. The third kappa shape index (κ3) is 4.25. The molecule has 3 rings (SSSR count). The van der Waals surface area contributed by atoms with E-state index in [0.29, 0.717) is 17.2 Å². The summed E-state index contributed by atoms with van der Waals surface area (Å²) in [6.07, 6.45) is 1.67. The van der Waals surface area contributed by atoms with Crippen LogP contribution in [-0.4, -0.2) is 33.2 Å². The van der Waals surface area contributed by atoms with Gasteiger partial charge < -0.3 is 9.64 Å². The first-order chi connectivity index (χ1) is 11.9. The van der Waals surface area contributed by atoms with Crippen molar-refractivity contribution in [2.24, 2.45) is 0 Å². The van der Waals surface area contributed by atoms with Crippen molar-refractivity contribution < 1.29 is 17.9 Å². The Kier molecular flexibility index (Phi) is 4.55. The highest BCUT2D eigenvalue weighted by atomic mass is 19.4. The maximum absolute atomic E-state index is 12.5. The van der Waals surface area contributed by atoms with Gasteiger partial charge in [0, 0.05) is 31.5 Å². The molecule has 0 bridgehead atoms. The molecule has 0 fully saturated rings. The molecule has 0 unspecified atom stereocenters. The summed E-state index contributed by atoms with van der Waals surface area (Å²) < 4.78 is 43.2. The lowest BCUT2D eigenvalue weighted by Gasteiger charge is -2.20. The van der Waals surface area contributed by atoms with Gasteiger partial charge >= 0.3 is 6.36 Å². The fourth-order valence-electron chi connectivity index (χ4n) is 2.24. The van der Waals surface area contributed by atoms with E-state index >= 15 is 0 Å². The van der Waals surface area contributed by atoms with Crippen LogP contribution in [0, 0.1) is 0 Å². The number of hydrogen-bond acceptors (Lipinski definition) is 5. The molecule has 0 saturated carbocycles. The Morgan fingerprint density at radius 2 is 1.96 bits per heavy atom. The summed E-state index contributed by atoms with van der Waals surface area (Å²) in [4.78, 5) is 10.2. The second kappa shape index (κ2) is 6.80. The zero-order chi connectivity index (χ0) is 17.9. The molecule has 0 aliphatic carbocycles. The molecular formula is C16H14F3N5O. The van der Waals surface area contributed by atoms with E-state index in [0.717, 1.165) is 0 Å². The van der Waals surface area contributed by atoms with Gasteiger partial charge in [0.15, 0.2) is 5.82 Å². The SMILES string of the molecule is CN(Cc1ccccc1OC(F)(F)F)c1cncc(-n2cccn2)n1. The van der Waals surface area contributed by atoms with E-state index in [-0.39, 0.29) is 12.3 Å². The zero-order valence-corrected chi connectivity index (χ0v) is 13.2. The van der Waals surface area contributed by atoms with Crippen molar-refractivity contribution in [3.05, 3.63) is 60.7 Å². The first-order valence-electron chi connectivity index (χ1n) is 7.29. The van der Waals surface area contributed by atoms with Gasteiger partial charge in [-0.05, 0) is 12.1 Å². The van der Waals surface area contributed by atoms with E-state index in [9.17, 15) is 13.2 Å². The number of halogens is 3. The smallest absolute Gasteiger partial charge is 0.405 e. The minimum Gasteiger partial charge on any atom is -0.405 e. The lowest BCUT2D eigenvalue weighted by molar-refractivity contribution is -0.274. The summed E-state index contributed by atoms with van der Waals surface area (Å²) in [5, 5.41) is 4.08. The minimum atomic E-state index is -4.74. The molecule has 6 nitrogen and oxygen atoms in total. The van der Waals surface area contributed by atoms with Gasteiger partial charge in [0.2, 0.25) is 0 Å². The van der Waals surface area contributed by atoms with Crippen LogP contribution in [0.5, 0.6) is 5.75 Å². The van der Waals surface area contributed by atoms with Gasteiger partial charge in [-0.15, -0.1) is 13.2 Å². The Morgan fingerprint density at radius 1 is 1.16 bits per heavy atom. The van der Waals surface area contributed by atoms with Gasteiger partial charge in [0.25, 0.3) is 0 Å². The van der Waals surface area contributed by atoms with Gasteiger partial charge in [0.05, 0.1) is 12.4 Å². The van der Waals surface area contributed by atoms with Crippen molar-refractivity contribution >= 4 is 5.82 Å². The van der Waals surface area contributed by atoms with Gasteiger partial charge in [-0.25, -0.2) is 9.67 Å². The Morgan fingerprint density at radius 3 is 2.68 bits per heavy atom. The second-order valence-corrected chi connectivity index (χ2v) is 5.20. The topological polar surface area (TPSA) is 56.1 Å². The molecule has 25 heavy (non-hydrogen) atoms. The largest absolute Gasteiger partial charge is 0.573 e. The predicted molar refractivity (Wildman–Crippen MR) is 84.4 cm³/mol. The number of ether oxygens (including phenoxy) is 1. The number of hydrogen-bond donors (Lipinski definition) is 0. The van der Waals surface area contributed by atoms with Crippen molar-refractivity contribution in [1.29, 1.82) is 0 Å². The van der Waals surface area contributed by atoms with E-state index in [2.05, 4.69) is 19.8 Å². The first-order valence-corrected chi connectivity index (χ1v) is 7.29. The van der Waals surface area contributed by atoms with Crippen LogP contribution in [0.4, 0.5) is 19.0 Å². The molecule has 1 aromatic carbocycles. The van der Waals surface area contributed by atoms with Crippen LogP contribution in [0.3, 0.4) is 0 Å². The highest BCUT2D eigenvalue weighted by molar-refractivity contribution is 5.42. The normalized spacial score (nSPS) is 11.4. The van der Waals surface area contributed by atoms with Gasteiger partial charge in [-0.1, -0.05) is 18.2 Å². The van der Waals surface area contributed by atoms with E-state index in [1.54, 1.807) is 53.4 Å². The standard InChI is InChI=1S/C16H14F3N5O/c1-23(11-12-5-2-3-6-13(12)25-16(17,18)19)14-9-20-10-15(22-14)24-8-4-7-21-24/h2-10H,11H2,1H3. The minimum absolute atomic E-state index is 0.170. The third-order valence-corrected chi connectivity index (χ3v) is 3.35. The number of anilines is 1. The first kappa shape index (κ1) is 16.7. The van der Waals surface area contributed by atoms with Gasteiger partial charge in [-0.3, -0.25) is 4.98 Å². The third-order valence-electron chi connectivity index (χ3n) is 3.35. The van der Waals surface area contributed by atoms with Crippen LogP contribution < -0.4 is 9.64 Å². The fraction of sp³-hybridized carbons (Fsp3) is 0.188. The lowest BCUT2D eigenvalue weighted by atomic mass is 10.2. The number of nitrogens with zero attached hydrogens (tertiary/aromatic N) is 5. The van der Waals surface area contributed by atoms with Crippen molar-refractivity contribution in [2.45, 2.75) is 12.9 Å². The molecule has 9 heteroatoms. The molecule has 2 aromatic heterocycles. The van der Waals surface area contributed by atoms with Gasteiger partial charge in [0.1, 0.15) is 11.6 Å². The average Bonchev–Trinajstić information content (AvgIpc) is 3.10. The number of para-hydroxylation sites is 1. The lowest BCUT2D eigenvalue weighted by Crippen LogP contribution is -2.22. The molecule has 130 valence electrons. The Bertz CT molecular complexity index is 836. The van der Waals surface area contributed by atoms with Crippen molar-refractivity contribution in [1.82, 2.24) is 19.7 Å². The highest BCUT2D eigenvalue weighted by Crippen LogP contribution is 2.27. The van der Waals surface area contributed by atoms with Crippen LogP contribution in [0.1, 0.15) is 5.56 Å². The molecule has 0 N–H and O–H groups in total. The summed E-state index contributed by atoms with van der Waals surface area (Å²) in [7, 11) is 1.71. The van der Waals surface area contributed by atoms with E-state index in [1.165, 1.54) is 18.3 Å². The van der Waals surface area contributed by atoms with Crippen LogP contribution in [-0.2, 0) is 6.54 Å². The molecule has 0 atom stereocenters. The predicted octanol–water partition coefficient (Wildman–Crippen LogP) is 3.20. The molecule has 0 aliphatic heterocycles. The monoisotopic (exact) mass is 349 g/mol. The van der Waals surface area contributed by atoms with Crippen LogP contribution >= 0.6 is 0 Å². The molecule has 3 aromatic rings. The molecular weight excluding hydrogens is 335 g/mol. The summed E-state index contributed by atoms with van der Waals surface area (Å²) >= 11 is 0. The molecule has 0 amide bonds. The Balaban J connectivity index is 1.81. The Labute approximate surface area is 141 Å². The fourth-order valence-corrected chi connectivity index (χ4v) is 2.24. The van der Waals surface area contributed by atoms with Gasteiger partial charge in [-0.2, -0.15) is 5.10 Å². The average molecular weight is 349 g/mol. The highest BCUT2D eigenvalue weighted by Gasteiger charge is 2.32. The summed E-state index contributed by atoms with van der Waals surface area (Å²) in [6.45, 7) is 0.170. The molecule has 0 saturated heterocycles. The number of rotatable bonds is 5. The van der Waals surface area contributed by atoms with Crippen LogP contribution in [0.15, 0.2) is 55.1 Å². The number of alkyl halides is 3.